The van der Waals surface area contributed by atoms with Crippen molar-refractivity contribution in [3.8, 4) is 5.75 Å². The van der Waals surface area contributed by atoms with Crippen LogP contribution in [0.2, 0.25) is 0 Å². The zero-order chi connectivity index (χ0) is 42.2. The van der Waals surface area contributed by atoms with Crippen LogP contribution in [-0.2, 0) is 55.0 Å². The Hall–Kier alpha value is -6.00. The highest BCUT2D eigenvalue weighted by Crippen LogP contribution is 2.26. The Labute approximate surface area is 345 Å². The minimum absolute atomic E-state index is 0.0422. The van der Waals surface area contributed by atoms with E-state index in [1.807, 2.05) is 42.5 Å². The second-order valence-electron chi connectivity index (χ2n) is 14.1. The van der Waals surface area contributed by atoms with Gasteiger partial charge in [0.1, 0.15) is 24.2 Å². The lowest BCUT2D eigenvalue weighted by Gasteiger charge is -2.20. The summed E-state index contributed by atoms with van der Waals surface area (Å²) in [6.45, 7) is 4.56. The number of esters is 1. The number of fused-ring (bicyclic) bond motifs is 1. The van der Waals surface area contributed by atoms with Crippen LogP contribution in [0.1, 0.15) is 63.1 Å². The van der Waals surface area contributed by atoms with Gasteiger partial charge in [-0.2, -0.15) is 4.72 Å². The summed E-state index contributed by atoms with van der Waals surface area (Å²) in [5, 5.41) is 11.3. The van der Waals surface area contributed by atoms with Gasteiger partial charge in [-0.25, -0.2) is 18.2 Å². The van der Waals surface area contributed by atoms with E-state index in [1.54, 1.807) is 38.1 Å². The van der Waals surface area contributed by atoms with Gasteiger partial charge in [-0.15, -0.1) is 0 Å². The van der Waals surface area contributed by atoms with E-state index in [1.165, 1.54) is 5.56 Å². The van der Waals surface area contributed by atoms with Crippen LogP contribution < -0.4 is 30.7 Å². The molecule has 1 aliphatic heterocycles. The molecule has 0 fully saturated rings. The Balaban J connectivity index is 1.04. The molecule has 314 valence electrons. The van der Waals surface area contributed by atoms with Crippen LogP contribution in [0.25, 0.3) is 0 Å². The monoisotopic (exact) mass is 828 g/mol. The van der Waals surface area contributed by atoms with Gasteiger partial charge < -0.3 is 35.5 Å². The van der Waals surface area contributed by atoms with Gasteiger partial charge in [-0.05, 0) is 104 Å². The predicted molar refractivity (Wildman–Crippen MR) is 222 cm³/mol. The fourth-order valence-electron chi connectivity index (χ4n) is 6.53. The molecule has 4 aromatic rings. The van der Waals surface area contributed by atoms with Crippen molar-refractivity contribution in [2.45, 2.75) is 69.9 Å². The van der Waals surface area contributed by atoms with Crippen LogP contribution >= 0.6 is 0 Å². The fourth-order valence-corrected chi connectivity index (χ4v) is 8.17. The molecule has 2 heterocycles. The molecule has 3 amide bonds. The maximum atomic E-state index is 13.6. The zero-order valence-corrected chi connectivity index (χ0v) is 34.4. The number of hydrogen-bond donors (Lipinski definition) is 5. The van der Waals surface area contributed by atoms with Gasteiger partial charge in [-0.1, -0.05) is 48.5 Å². The molecule has 1 aromatic heterocycles. The number of aryl methyl sites for hydroxylation is 5. The fraction of sp³-hybridized carbons (Fsp3) is 0.372. The van der Waals surface area contributed by atoms with Gasteiger partial charge in [0, 0.05) is 43.9 Å². The maximum absolute atomic E-state index is 13.6. The lowest BCUT2D eigenvalue weighted by molar-refractivity contribution is -0.142. The number of carbonyl (C=O) groups is 4. The Morgan fingerprint density at radius 3 is 2.32 bits per heavy atom. The normalized spacial score (nSPS) is 12.6. The molecule has 0 unspecified atom stereocenters. The van der Waals surface area contributed by atoms with E-state index in [0.29, 0.717) is 28.9 Å². The minimum Gasteiger partial charge on any atom is -0.494 e. The third kappa shape index (κ3) is 13.5. The number of methoxy groups -OCH3 is 1. The van der Waals surface area contributed by atoms with Crippen molar-refractivity contribution in [2.75, 3.05) is 45.2 Å². The first-order valence-corrected chi connectivity index (χ1v) is 21.1. The molecule has 5 rings (SSSR count). The number of rotatable bonds is 20. The second kappa shape index (κ2) is 21.7. The number of carbonyl (C=O) groups excluding carboxylic acids is 4. The number of hydrogen-bond acceptors (Lipinski definition) is 11. The molecule has 0 aliphatic carbocycles. The minimum atomic E-state index is -4.27. The summed E-state index contributed by atoms with van der Waals surface area (Å²) in [7, 11) is -3.13. The summed E-state index contributed by atoms with van der Waals surface area (Å²) in [6, 6.07) is 22.3. The van der Waals surface area contributed by atoms with E-state index < -0.39 is 34.0 Å². The van der Waals surface area contributed by atoms with Crippen molar-refractivity contribution in [3.05, 3.63) is 118 Å². The van der Waals surface area contributed by atoms with Gasteiger partial charge in [0.25, 0.3) is 5.91 Å². The average molecular weight is 829 g/mol. The standard InChI is InChI=1S/C43H52N6O9S/c1-29-25-36(57-24-8-12-38(50)44-22-23-46-43(53)58-28-32-9-5-4-6-10-32)26-30(2)39(29)59(54,55)49-37(42(52)56-3)27-47-41(51)34-16-13-31(14-17-34)15-19-35-20-18-33-11-7-21-45-40(33)48-35/h4-6,9-10,13-14,16-18,20,25-26,37,49H,7-8,11-12,15,19,21-24,27-28H2,1-3H3,(H,44,50)(H,45,48)(H,46,53)(H,47,51)/t37-/m1/s1. The number of amides is 3. The van der Waals surface area contributed by atoms with Crippen molar-refractivity contribution >= 4 is 39.7 Å². The average Bonchev–Trinajstić information content (AvgIpc) is 3.23. The van der Waals surface area contributed by atoms with E-state index in [9.17, 15) is 27.6 Å². The molecule has 5 N–H and O–H groups in total. The Kier molecular flexibility index (Phi) is 16.2. The highest BCUT2D eigenvalue weighted by molar-refractivity contribution is 7.89. The lowest BCUT2D eigenvalue weighted by atomic mass is 10.0. The number of nitrogens with one attached hydrogen (secondary N) is 5. The van der Waals surface area contributed by atoms with E-state index in [0.717, 1.165) is 62.0 Å². The first kappa shape index (κ1) is 44.1. The molecule has 0 saturated carbocycles. The number of nitrogens with zero attached hydrogens (tertiary/aromatic N) is 1. The first-order chi connectivity index (χ1) is 28.4. The van der Waals surface area contributed by atoms with Crippen molar-refractivity contribution in [1.29, 1.82) is 0 Å². The van der Waals surface area contributed by atoms with Gasteiger partial charge >= 0.3 is 12.1 Å². The molecule has 59 heavy (non-hydrogen) atoms. The van der Waals surface area contributed by atoms with Crippen molar-refractivity contribution in [2.24, 2.45) is 0 Å². The van der Waals surface area contributed by atoms with E-state index >= 15 is 0 Å². The number of alkyl carbamates (subject to hydrolysis) is 1. The van der Waals surface area contributed by atoms with Gasteiger partial charge in [0.05, 0.1) is 18.6 Å². The largest absolute Gasteiger partial charge is 0.494 e. The van der Waals surface area contributed by atoms with Crippen LogP contribution in [0.4, 0.5) is 10.6 Å². The number of pyridine rings is 1. The van der Waals surface area contributed by atoms with Crippen molar-refractivity contribution in [1.82, 2.24) is 25.7 Å². The molecular weight excluding hydrogens is 777 g/mol. The van der Waals surface area contributed by atoms with Crippen LogP contribution in [0.5, 0.6) is 5.75 Å². The van der Waals surface area contributed by atoms with E-state index in [2.05, 4.69) is 38.1 Å². The molecular formula is C43H52N6O9S. The van der Waals surface area contributed by atoms with Crippen LogP contribution in [0.3, 0.4) is 0 Å². The van der Waals surface area contributed by atoms with Gasteiger partial charge in [-0.3, -0.25) is 14.4 Å². The topological polar surface area (TPSA) is 203 Å². The SMILES string of the molecule is COC(=O)[C@@H](CNC(=O)c1ccc(CCc2ccc3c(n2)NCCC3)cc1)NS(=O)(=O)c1c(C)cc(OCCCC(=O)NCCNC(=O)OCc2ccccc2)cc1C. The quantitative estimate of drug-likeness (QED) is 0.0628. The molecule has 0 bridgehead atoms. The van der Waals surface area contributed by atoms with E-state index in [-0.39, 0.29) is 50.1 Å². The lowest BCUT2D eigenvalue weighted by Crippen LogP contribution is -2.49. The van der Waals surface area contributed by atoms with Gasteiger partial charge in [0.2, 0.25) is 15.9 Å². The number of anilines is 1. The Morgan fingerprint density at radius 1 is 0.864 bits per heavy atom. The summed E-state index contributed by atoms with van der Waals surface area (Å²) in [6.07, 6.45) is 3.60. The highest BCUT2D eigenvalue weighted by atomic mass is 32.2. The summed E-state index contributed by atoms with van der Waals surface area (Å²) in [4.78, 5) is 54.5. The Bertz CT molecular complexity index is 2160. The third-order valence-corrected chi connectivity index (χ3v) is 11.3. The van der Waals surface area contributed by atoms with Gasteiger partial charge in [0.15, 0.2) is 0 Å². The molecule has 0 radical (unpaired) electrons. The zero-order valence-electron chi connectivity index (χ0n) is 33.6. The molecule has 16 heteroatoms. The predicted octanol–water partition coefficient (Wildman–Crippen LogP) is 4.29. The highest BCUT2D eigenvalue weighted by Gasteiger charge is 2.29. The molecule has 15 nitrogen and oxygen atoms in total. The number of benzene rings is 3. The summed E-state index contributed by atoms with van der Waals surface area (Å²) in [5.41, 5.74) is 5.21. The second-order valence-corrected chi connectivity index (χ2v) is 15.8. The molecule has 0 saturated heterocycles. The summed E-state index contributed by atoms with van der Waals surface area (Å²) in [5.74, 6) is -0.198. The van der Waals surface area contributed by atoms with Crippen molar-refractivity contribution in [3.63, 3.8) is 0 Å². The molecule has 3 aromatic carbocycles. The molecule has 0 spiro atoms. The number of ether oxygens (including phenoxy) is 3. The molecule has 1 aliphatic rings. The Morgan fingerprint density at radius 2 is 1.59 bits per heavy atom. The third-order valence-electron chi connectivity index (χ3n) is 9.54. The first-order valence-electron chi connectivity index (χ1n) is 19.6. The number of aromatic nitrogens is 1. The summed E-state index contributed by atoms with van der Waals surface area (Å²) >= 11 is 0. The van der Waals surface area contributed by atoms with Crippen LogP contribution in [0, 0.1) is 13.8 Å². The van der Waals surface area contributed by atoms with Crippen LogP contribution in [-0.4, -0.2) is 83.2 Å². The maximum Gasteiger partial charge on any atom is 0.407 e. The molecule has 1 atom stereocenters. The number of sulfonamides is 1. The van der Waals surface area contributed by atoms with Crippen molar-refractivity contribution < 1.29 is 41.8 Å². The van der Waals surface area contributed by atoms with E-state index in [4.69, 9.17) is 19.2 Å². The van der Waals surface area contributed by atoms with Crippen LogP contribution in [0.15, 0.2) is 83.8 Å². The smallest absolute Gasteiger partial charge is 0.407 e. The summed E-state index contributed by atoms with van der Waals surface area (Å²) < 4.78 is 45.4.